The standard InChI is InChI=1S/C14H12Br3NO3S/c1-8-10(15)13(19)14(2,17)12(16)11(8)18-22(20,21)9-6-4-3-5-7-9/h3-7,12H,1-2H3/t12-,14-/m0/s1. The third kappa shape index (κ3) is 3.16. The number of carbonyl (C=O) groups excluding carboxylic acids is 1. The Morgan fingerprint density at radius 3 is 2.32 bits per heavy atom. The second kappa shape index (κ2) is 6.30. The Balaban J connectivity index is 2.63. The molecule has 1 aromatic rings. The second-order valence-electron chi connectivity index (χ2n) is 4.97. The Labute approximate surface area is 154 Å². The van der Waals surface area contributed by atoms with Gasteiger partial charge < -0.3 is 0 Å². The number of rotatable bonds is 2. The van der Waals surface area contributed by atoms with Crippen molar-refractivity contribution in [3.05, 3.63) is 40.4 Å². The zero-order valence-corrected chi connectivity index (χ0v) is 17.3. The van der Waals surface area contributed by atoms with Gasteiger partial charge in [0.05, 0.1) is 19.9 Å². The summed E-state index contributed by atoms with van der Waals surface area (Å²) in [6, 6.07) is 7.97. The van der Waals surface area contributed by atoms with E-state index in [1.807, 2.05) is 0 Å². The number of ketones is 1. The molecule has 0 aromatic heterocycles. The topological polar surface area (TPSA) is 63.6 Å². The van der Waals surface area contributed by atoms with E-state index in [9.17, 15) is 13.2 Å². The molecular formula is C14H12Br3NO3S. The summed E-state index contributed by atoms with van der Waals surface area (Å²) in [5.74, 6) is -0.164. The summed E-state index contributed by atoms with van der Waals surface area (Å²) in [7, 11) is -3.85. The molecule has 0 aliphatic heterocycles. The van der Waals surface area contributed by atoms with Gasteiger partial charge in [-0.1, -0.05) is 50.1 Å². The van der Waals surface area contributed by atoms with Gasteiger partial charge in [-0.05, 0) is 47.5 Å². The largest absolute Gasteiger partial charge is 0.292 e. The van der Waals surface area contributed by atoms with Crippen LogP contribution in [0.1, 0.15) is 13.8 Å². The first-order valence-electron chi connectivity index (χ1n) is 6.23. The zero-order chi connectivity index (χ0) is 16.7. The minimum Gasteiger partial charge on any atom is -0.292 e. The van der Waals surface area contributed by atoms with E-state index in [2.05, 4.69) is 52.2 Å². The van der Waals surface area contributed by atoms with E-state index in [0.717, 1.165) is 0 Å². The zero-order valence-electron chi connectivity index (χ0n) is 11.7. The van der Waals surface area contributed by atoms with Crippen molar-refractivity contribution in [3.8, 4) is 0 Å². The van der Waals surface area contributed by atoms with Crippen LogP contribution in [0.5, 0.6) is 0 Å². The van der Waals surface area contributed by atoms with Gasteiger partial charge in [0.2, 0.25) is 0 Å². The molecule has 2 atom stereocenters. The van der Waals surface area contributed by atoms with Crippen LogP contribution >= 0.6 is 47.8 Å². The maximum Gasteiger partial charge on any atom is 0.282 e. The molecule has 2 rings (SSSR count). The number of benzene rings is 1. The van der Waals surface area contributed by atoms with E-state index in [0.29, 0.717) is 15.8 Å². The lowest BCUT2D eigenvalue weighted by molar-refractivity contribution is -0.116. The molecule has 0 radical (unpaired) electrons. The van der Waals surface area contributed by atoms with E-state index in [1.54, 1.807) is 32.0 Å². The van der Waals surface area contributed by atoms with Crippen LogP contribution in [-0.2, 0) is 14.8 Å². The lowest BCUT2D eigenvalue weighted by Gasteiger charge is -2.33. The maximum absolute atomic E-state index is 12.4. The Hall–Kier alpha value is -0.310. The third-order valence-electron chi connectivity index (χ3n) is 3.33. The maximum atomic E-state index is 12.4. The second-order valence-corrected chi connectivity index (χ2v) is 9.93. The van der Waals surface area contributed by atoms with Crippen molar-refractivity contribution in [2.24, 2.45) is 4.40 Å². The molecule has 1 aliphatic rings. The molecule has 0 amide bonds. The predicted molar refractivity (Wildman–Crippen MR) is 97.7 cm³/mol. The molecule has 0 unspecified atom stereocenters. The van der Waals surface area contributed by atoms with Gasteiger partial charge >= 0.3 is 0 Å². The van der Waals surface area contributed by atoms with Crippen molar-refractivity contribution in [3.63, 3.8) is 0 Å². The first-order valence-corrected chi connectivity index (χ1v) is 10.2. The summed E-state index contributed by atoms with van der Waals surface area (Å²) in [6.07, 6.45) is 0. The van der Waals surface area contributed by atoms with Crippen LogP contribution in [0.25, 0.3) is 0 Å². The number of Topliss-reactive ketones (excluding diaryl/α,β-unsaturated/α-hetero) is 1. The summed E-state index contributed by atoms with van der Waals surface area (Å²) in [6.45, 7) is 3.34. The Kier molecular flexibility index (Phi) is 5.16. The summed E-state index contributed by atoms with van der Waals surface area (Å²) in [5, 5.41) is 0. The van der Waals surface area contributed by atoms with Gasteiger partial charge in [-0.2, -0.15) is 12.8 Å². The molecule has 4 nitrogen and oxygen atoms in total. The minimum absolute atomic E-state index is 0.110. The van der Waals surface area contributed by atoms with Crippen molar-refractivity contribution in [2.75, 3.05) is 0 Å². The van der Waals surface area contributed by atoms with Gasteiger partial charge in [0.15, 0.2) is 5.78 Å². The quantitative estimate of drug-likeness (QED) is 0.562. The molecule has 0 saturated carbocycles. The lowest BCUT2D eigenvalue weighted by atomic mass is 9.88. The molecule has 0 saturated heterocycles. The first-order chi connectivity index (χ1) is 10.1. The molecule has 0 bridgehead atoms. The molecule has 1 aromatic carbocycles. The fourth-order valence-corrected chi connectivity index (χ4v) is 5.14. The fourth-order valence-electron chi connectivity index (χ4n) is 1.95. The molecule has 0 N–H and O–H groups in total. The SMILES string of the molecule is CC1=C(Br)C(=O)[C@@](C)(Br)[C@@H](Br)C1=NS(=O)(=O)c1ccccc1. The summed E-state index contributed by atoms with van der Waals surface area (Å²) >= 11 is 9.98. The molecule has 1 aliphatic carbocycles. The Morgan fingerprint density at radius 2 is 1.77 bits per heavy atom. The van der Waals surface area contributed by atoms with Crippen molar-refractivity contribution in [1.29, 1.82) is 0 Å². The highest BCUT2D eigenvalue weighted by Crippen LogP contribution is 2.41. The van der Waals surface area contributed by atoms with Gasteiger partial charge in [-0.15, -0.1) is 0 Å². The fraction of sp³-hybridized carbons (Fsp3) is 0.286. The summed E-state index contributed by atoms with van der Waals surface area (Å²) in [4.78, 5) is 11.8. The molecule has 8 heteroatoms. The van der Waals surface area contributed by atoms with Crippen LogP contribution in [0.2, 0.25) is 0 Å². The van der Waals surface area contributed by atoms with E-state index >= 15 is 0 Å². The van der Waals surface area contributed by atoms with Crippen molar-refractivity contribution in [2.45, 2.75) is 27.9 Å². The van der Waals surface area contributed by atoms with Crippen molar-refractivity contribution in [1.82, 2.24) is 0 Å². The van der Waals surface area contributed by atoms with Gasteiger partial charge in [-0.25, -0.2) is 0 Å². The van der Waals surface area contributed by atoms with Crippen LogP contribution < -0.4 is 0 Å². The lowest BCUT2D eigenvalue weighted by Crippen LogP contribution is -2.47. The molecule has 0 spiro atoms. The monoisotopic (exact) mass is 511 g/mol. The number of carbonyl (C=O) groups is 1. The van der Waals surface area contributed by atoms with E-state index in [1.165, 1.54) is 12.1 Å². The van der Waals surface area contributed by atoms with Crippen LogP contribution in [0.15, 0.2) is 49.7 Å². The van der Waals surface area contributed by atoms with Gasteiger partial charge in [0, 0.05) is 0 Å². The van der Waals surface area contributed by atoms with Crippen molar-refractivity contribution >= 4 is 69.3 Å². The van der Waals surface area contributed by atoms with Crippen LogP contribution in [0.3, 0.4) is 0 Å². The molecule has 118 valence electrons. The Morgan fingerprint density at radius 1 is 1.23 bits per heavy atom. The molecule has 22 heavy (non-hydrogen) atoms. The smallest absolute Gasteiger partial charge is 0.282 e. The van der Waals surface area contributed by atoms with Crippen LogP contribution in [-0.4, -0.2) is 29.1 Å². The predicted octanol–water partition coefficient (Wildman–Crippen LogP) is 3.99. The van der Waals surface area contributed by atoms with Gasteiger partial charge in [0.25, 0.3) is 10.0 Å². The third-order valence-corrected chi connectivity index (χ3v) is 8.37. The molecule has 0 heterocycles. The summed E-state index contributed by atoms with van der Waals surface area (Å²) in [5.41, 5.74) is 0.804. The number of hydrogen-bond acceptors (Lipinski definition) is 3. The number of hydrogen-bond donors (Lipinski definition) is 0. The number of sulfonamides is 1. The highest BCUT2D eigenvalue weighted by Gasteiger charge is 2.47. The molecule has 0 fully saturated rings. The van der Waals surface area contributed by atoms with E-state index in [-0.39, 0.29) is 10.7 Å². The van der Waals surface area contributed by atoms with Gasteiger partial charge in [-0.3, -0.25) is 4.79 Å². The normalized spacial score (nSPS) is 28.3. The highest BCUT2D eigenvalue weighted by atomic mass is 79.9. The van der Waals surface area contributed by atoms with Crippen LogP contribution in [0.4, 0.5) is 0 Å². The average Bonchev–Trinajstić information content (AvgIpc) is 2.49. The summed E-state index contributed by atoms with van der Waals surface area (Å²) < 4.78 is 28.2. The number of halogens is 3. The van der Waals surface area contributed by atoms with Crippen molar-refractivity contribution < 1.29 is 13.2 Å². The highest BCUT2D eigenvalue weighted by molar-refractivity contribution is 9.13. The number of nitrogens with zero attached hydrogens (tertiary/aromatic N) is 1. The van der Waals surface area contributed by atoms with E-state index in [4.69, 9.17) is 0 Å². The average molecular weight is 514 g/mol. The Bertz CT molecular complexity index is 783. The van der Waals surface area contributed by atoms with Gasteiger partial charge in [0.1, 0.15) is 4.32 Å². The van der Waals surface area contributed by atoms with E-state index < -0.39 is 19.2 Å². The van der Waals surface area contributed by atoms with Crippen LogP contribution in [0, 0.1) is 0 Å². The minimum atomic E-state index is -3.85. The number of alkyl halides is 2. The number of allylic oxidation sites excluding steroid dienone is 2. The first kappa shape index (κ1) is 18.0. The molecular weight excluding hydrogens is 502 g/mol.